The molecule has 0 saturated carbocycles. The van der Waals surface area contributed by atoms with Crippen molar-refractivity contribution in [1.82, 2.24) is 15.5 Å². The van der Waals surface area contributed by atoms with Crippen molar-refractivity contribution in [1.29, 1.82) is 0 Å². The van der Waals surface area contributed by atoms with Crippen LogP contribution in [0.1, 0.15) is 28.5 Å². The second-order valence-corrected chi connectivity index (χ2v) is 8.43. The molecule has 1 heterocycles. The lowest BCUT2D eigenvalue weighted by Crippen LogP contribution is -2.26. The Balaban J connectivity index is 1.75. The average molecular weight is 449 g/mol. The number of hydrogen-bond acceptors (Lipinski definition) is 5. The van der Waals surface area contributed by atoms with Gasteiger partial charge in [0.05, 0.1) is 6.61 Å². The predicted molar refractivity (Wildman–Crippen MR) is 114 cm³/mol. The molecule has 0 atom stereocenters. The van der Waals surface area contributed by atoms with Gasteiger partial charge >= 0.3 is 0 Å². The van der Waals surface area contributed by atoms with E-state index in [1.54, 1.807) is 31.2 Å². The van der Waals surface area contributed by atoms with E-state index in [4.69, 9.17) is 16.3 Å². The zero-order valence-electron chi connectivity index (χ0n) is 16.4. The van der Waals surface area contributed by atoms with E-state index in [1.165, 1.54) is 12.1 Å². The number of aryl methyl sites for hydroxylation is 1. The Morgan fingerprint density at radius 1 is 1.13 bits per heavy atom. The van der Waals surface area contributed by atoms with Crippen molar-refractivity contribution < 1.29 is 17.9 Å². The van der Waals surface area contributed by atoms with Gasteiger partial charge < -0.3 is 10.1 Å². The number of sulfonamides is 1. The summed E-state index contributed by atoms with van der Waals surface area (Å²) in [7, 11) is -4.09. The SMILES string of the molecule is CCOc1ccc(CNC(=O)c2c(S(=O)(=O)Nc3ccc(Cl)cc3)n[nH]c2C)cc1. The first kappa shape index (κ1) is 21.7. The van der Waals surface area contributed by atoms with Gasteiger partial charge in [-0.25, -0.2) is 0 Å². The minimum atomic E-state index is -4.09. The molecule has 3 rings (SSSR count). The van der Waals surface area contributed by atoms with E-state index >= 15 is 0 Å². The summed E-state index contributed by atoms with van der Waals surface area (Å²) in [6.07, 6.45) is 0. The Hall–Kier alpha value is -3.04. The number of ether oxygens (including phenoxy) is 1. The Labute approximate surface area is 179 Å². The molecule has 8 nitrogen and oxygen atoms in total. The van der Waals surface area contributed by atoms with E-state index in [1.807, 2.05) is 19.1 Å². The molecule has 158 valence electrons. The van der Waals surface area contributed by atoms with Gasteiger partial charge in [-0.3, -0.25) is 14.6 Å². The van der Waals surface area contributed by atoms with Gasteiger partial charge in [0, 0.05) is 22.9 Å². The highest BCUT2D eigenvalue weighted by Crippen LogP contribution is 2.21. The molecule has 1 aromatic heterocycles. The number of amides is 1. The molecule has 3 aromatic rings. The summed E-state index contributed by atoms with van der Waals surface area (Å²) in [4.78, 5) is 12.7. The van der Waals surface area contributed by atoms with Crippen molar-refractivity contribution in [2.75, 3.05) is 11.3 Å². The van der Waals surface area contributed by atoms with Crippen LogP contribution >= 0.6 is 11.6 Å². The molecule has 30 heavy (non-hydrogen) atoms. The Bertz CT molecular complexity index is 1130. The van der Waals surface area contributed by atoms with Crippen molar-refractivity contribution in [3.05, 3.63) is 70.4 Å². The molecule has 0 aliphatic heterocycles. The second-order valence-electron chi connectivity index (χ2n) is 6.40. The molecular weight excluding hydrogens is 428 g/mol. The number of rotatable bonds is 8. The summed E-state index contributed by atoms with van der Waals surface area (Å²) in [6.45, 7) is 4.27. The van der Waals surface area contributed by atoms with Gasteiger partial charge in [-0.05, 0) is 55.8 Å². The molecule has 0 aliphatic rings. The fraction of sp³-hybridized carbons (Fsp3) is 0.200. The topological polar surface area (TPSA) is 113 Å². The fourth-order valence-corrected chi connectivity index (χ4v) is 4.08. The first-order valence-corrected chi connectivity index (χ1v) is 11.0. The lowest BCUT2D eigenvalue weighted by molar-refractivity contribution is 0.0947. The van der Waals surface area contributed by atoms with Gasteiger partial charge in [-0.1, -0.05) is 23.7 Å². The number of halogens is 1. The van der Waals surface area contributed by atoms with Crippen molar-refractivity contribution in [2.24, 2.45) is 0 Å². The van der Waals surface area contributed by atoms with Crippen molar-refractivity contribution in [2.45, 2.75) is 25.4 Å². The fourth-order valence-electron chi connectivity index (χ4n) is 2.73. The van der Waals surface area contributed by atoms with Crippen molar-refractivity contribution in [3.8, 4) is 5.75 Å². The Kier molecular flexibility index (Phi) is 6.63. The number of anilines is 1. The maximum Gasteiger partial charge on any atom is 0.282 e. The van der Waals surface area contributed by atoms with Crippen LogP contribution in [0.15, 0.2) is 53.6 Å². The van der Waals surface area contributed by atoms with Crippen LogP contribution in [0.25, 0.3) is 0 Å². The maximum absolute atomic E-state index is 12.8. The quantitative estimate of drug-likeness (QED) is 0.488. The second kappa shape index (κ2) is 9.19. The van der Waals surface area contributed by atoms with Gasteiger partial charge in [0.2, 0.25) is 5.03 Å². The number of benzene rings is 2. The predicted octanol–water partition coefficient (Wildman–Crippen LogP) is 3.50. The summed E-state index contributed by atoms with van der Waals surface area (Å²) in [5.41, 5.74) is 1.45. The molecule has 10 heteroatoms. The number of H-pyrrole nitrogens is 1. The number of nitrogens with zero attached hydrogens (tertiary/aromatic N) is 1. The van der Waals surface area contributed by atoms with Crippen LogP contribution in [0.4, 0.5) is 5.69 Å². The van der Waals surface area contributed by atoms with Crippen molar-refractivity contribution in [3.63, 3.8) is 0 Å². The molecular formula is C20H21ClN4O4S. The van der Waals surface area contributed by atoms with Crippen LogP contribution in [0.3, 0.4) is 0 Å². The van der Waals surface area contributed by atoms with Gasteiger partial charge in [0.1, 0.15) is 11.3 Å². The van der Waals surface area contributed by atoms with E-state index in [-0.39, 0.29) is 17.1 Å². The smallest absolute Gasteiger partial charge is 0.282 e. The van der Waals surface area contributed by atoms with E-state index in [0.29, 0.717) is 23.0 Å². The third-order valence-corrected chi connectivity index (χ3v) is 5.74. The molecule has 0 aliphatic carbocycles. The molecule has 0 fully saturated rings. The number of carbonyl (C=O) groups excluding carboxylic acids is 1. The van der Waals surface area contributed by atoms with Crippen molar-refractivity contribution >= 4 is 33.2 Å². The Morgan fingerprint density at radius 2 is 1.80 bits per heavy atom. The minimum absolute atomic E-state index is 0.0394. The minimum Gasteiger partial charge on any atom is -0.494 e. The molecule has 0 saturated heterocycles. The number of aromatic amines is 1. The zero-order valence-corrected chi connectivity index (χ0v) is 18.0. The van der Waals surface area contributed by atoms with E-state index in [2.05, 4.69) is 20.2 Å². The van der Waals surface area contributed by atoms with Crippen LogP contribution in [0.2, 0.25) is 5.02 Å². The summed E-state index contributed by atoms with van der Waals surface area (Å²) in [5.74, 6) is 0.187. The lowest BCUT2D eigenvalue weighted by Gasteiger charge is -2.10. The third kappa shape index (κ3) is 5.11. The average Bonchev–Trinajstić information content (AvgIpc) is 3.12. The molecule has 1 amide bonds. The van der Waals surface area contributed by atoms with Gasteiger partial charge in [-0.2, -0.15) is 13.5 Å². The highest BCUT2D eigenvalue weighted by molar-refractivity contribution is 7.92. The normalized spacial score (nSPS) is 11.2. The first-order valence-electron chi connectivity index (χ1n) is 9.13. The standard InChI is InChI=1S/C20H21ClN4O4S/c1-3-29-17-10-4-14(5-11-17)12-22-19(26)18-13(2)23-24-20(18)30(27,28)25-16-8-6-15(21)7-9-16/h4-11,25H,3,12H2,1-2H3,(H,22,26)(H,23,24). The molecule has 0 unspecified atom stereocenters. The van der Waals surface area contributed by atoms with Gasteiger partial charge in [-0.15, -0.1) is 0 Å². The number of aromatic nitrogens is 2. The molecule has 0 spiro atoms. The molecule has 3 N–H and O–H groups in total. The van der Waals surface area contributed by atoms with Crippen LogP contribution in [-0.2, 0) is 16.6 Å². The lowest BCUT2D eigenvalue weighted by atomic mass is 10.2. The number of carbonyl (C=O) groups is 1. The number of hydrogen-bond donors (Lipinski definition) is 3. The zero-order chi connectivity index (χ0) is 21.7. The highest BCUT2D eigenvalue weighted by Gasteiger charge is 2.28. The van der Waals surface area contributed by atoms with Crippen LogP contribution in [0, 0.1) is 6.92 Å². The highest BCUT2D eigenvalue weighted by atomic mass is 35.5. The van der Waals surface area contributed by atoms with Crippen LogP contribution in [-0.4, -0.2) is 31.1 Å². The van der Waals surface area contributed by atoms with Crippen LogP contribution in [0.5, 0.6) is 5.75 Å². The van der Waals surface area contributed by atoms with Gasteiger partial charge in [0.15, 0.2) is 0 Å². The largest absolute Gasteiger partial charge is 0.494 e. The Morgan fingerprint density at radius 3 is 2.43 bits per heavy atom. The summed E-state index contributed by atoms with van der Waals surface area (Å²) < 4.78 is 33.3. The van der Waals surface area contributed by atoms with E-state index in [9.17, 15) is 13.2 Å². The monoisotopic (exact) mass is 448 g/mol. The summed E-state index contributed by atoms with van der Waals surface area (Å²) in [6, 6.07) is 13.4. The van der Waals surface area contributed by atoms with E-state index in [0.717, 1.165) is 11.3 Å². The summed E-state index contributed by atoms with van der Waals surface area (Å²) >= 11 is 5.83. The van der Waals surface area contributed by atoms with Gasteiger partial charge in [0.25, 0.3) is 15.9 Å². The van der Waals surface area contributed by atoms with E-state index < -0.39 is 15.9 Å². The summed E-state index contributed by atoms with van der Waals surface area (Å²) in [5, 5.41) is 9.23. The number of nitrogens with one attached hydrogen (secondary N) is 3. The molecule has 0 radical (unpaired) electrons. The molecule has 0 bridgehead atoms. The first-order chi connectivity index (χ1) is 14.3. The third-order valence-electron chi connectivity index (χ3n) is 4.18. The van der Waals surface area contributed by atoms with Crippen LogP contribution < -0.4 is 14.8 Å². The molecule has 2 aromatic carbocycles. The maximum atomic E-state index is 12.8.